The predicted molar refractivity (Wildman–Crippen MR) is 122 cm³/mol. The molecule has 0 unspecified atom stereocenters. The van der Waals surface area contributed by atoms with Crippen molar-refractivity contribution in [2.75, 3.05) is 4.72 Å². The number of nitrogens with zero attached hydrogens (tertiary/aromatic N) is 2. The number of hydrogen-bond acceptors (Lipinski definition) is 6. The van der Waals surface area contributed by atoms with Crippen LogP contribution in [0.1, 0.15) is 28.9 Å². The molecule has 2 N–H and O–H groups in total. The molecule has 1 amide bonds. The molecule has 0 fully saturated rings. The lowest BCUT2D eigenvalue weighted by molar-refractivity contribution is 0.0940. The van der Waals surface area contributed by atoms with Crippen LogP contribution in [0.2, 0.25) is 5.02 Å². The standard InChI is InChI=1S/C21H15ClF2N4O3S2/c1-11(14-8-6-13(23)10-16(14)24)25-21(29)15-7-5-12(22)9-18(15)28-33(30,31)19-4-2-3-17-20(19)27-32-26-17/h2-11,28H,1H3,(H,25,29)/t11-/m1/s1. The van der Waals surface area contributed by atoms with E-state index in [1.165, 1.54) is 43.3 Å². The minimum absolute atomic E-state index is 0.0408. The van der Waals surface area contributed by atoms with Crippen molar-refractivity contribution in [3.8, 4) is 0 Å². The van der Waals surface area contributed by atoms with Crippen LogP contribution in [0, 0.1) is 11.6 Å². The van der Waals surface area contributed by atoms with Gasteiger partial charge in [-0.05, 0) is 43.3 Å². The van der Waals surface area contributed by atoms with E-state index in [-0.39, 0.29) is 32.2 Å². The van der Waals surface area contributed by atoms with Crippen molar-refractivity contribution in [3.63, 3.8) is 0 Å². The number of carbonyl (C=O) groups is 1. The molecule has 1 heterocycles. The molecule has 4 rings (SSSR count). The van der Waals surface area contributed by atoms with E-state index < -0.39 is 33.6 Å². The SMILES string of the molecule is C[C@@H](NC(=O)c1ccc(Cl)cc1NS(=O)(=O)c1cccc2nsnc12)c1ccc(F)cc1F. The maximum Gasteiger partial charge on any atom is 0.264 e. The van der Waals surface area contributed by atoms with Crippen LogP contribution in [-0.2, 0) is 10.0 Å². The second-order valence-electron chi connectivity index (χ2n) is 7.04. The van der Waals surface area contributed by atoms with Gasteiger partial charge in [-0.25, -0.2) is 17.2 Å². The van der Waals surface area contributed by atoms with E-state index in [4.69, 9.17) is 11.6 Å². The Bertz CT molecular complexity index is 1480. The molecule has 1 aromatic heterocycles. The summed E-state index contributed by atoms with van der Waals surface area (Å²) in [6.45, 7) is 1.52. The number of benzene rings is 3. The number of amides is 1. The van der Waals surface area contributed by atoms with E-state index >= 15 is 0 Å². The molecular formula is C21H15ClF2N4O3S2. The summed E-state index contributed by atoms with van der Waals surface area (Å²) in [6.07, 6.45) is 0. The van der Waals surface area contributed by atoms with Gasteiger partial charge in [0.15, 0.2) is 0 Å². The zero-order valence-corrected chi connectivity index (χ0v) is 19.2. The van der Waals surface area contributed by atoms with Crippen molar-refractivity contribution in [3.05, 3.63) is 82.4 Å². The summed E-state index contributed by atoms with van der Waals surface area (Å²) in [5.74, 6) is -2.24. The molecule has 0 bridgehead atoms. The first-order valence-electron chi connectivity index (χ1n) is 9.45. The highest BCUT2D eigenvalue weighted by Crippen LogP contribution is 2.28. The highest BCUT2D eigenvalue weighted by Gasteiger charge is 2.24. The van der Waals surface area contributed by atoms with Crippen molar-refractivity contribution < 1.29 is 22.0 Å². The topological polar surface area (TPSA) is 101 Å². The van der Waals surface area contributed by atoms with E-state index in [2.05, 4.69) is 18.8 Å². The summed E-state index contributed by atoms with van der Waals surface area (Å²) in [6, 6.07) is 10.8. The lowest BCUT2D eigenvalue weighted by Gasteiger charge is -2.18. The number of halogens is 3. The van der Waals surface area contributed by atoms with Crippen LogP contribution in [0.5, 0.6) is 0 Å². The fourth-order valence-corrected chi connectivity index (χ4v) is 5.21. The minimum Gasteiger partial charge on any atom is -0.345 e. The molecule has 4 aromatic rings. The van der Waals surface area contributed by atoms with Crippen molar-refractivity contribution in [2.45, 2.75) is 17.9 Å². The lowest BCUT2D eigenvalue weighted by atomic mass is 10.1. The van der Waals surface area contributed by atoms with Gasteiger partial charge in [0.1, 0.15) is 27.6 Å². The normalized spacial score (nSPS) is 12.5. The molecule has 170 valence electrons. The van der Waals surface area contributed by atoms with E-state index in [9.17, 15) is 22.0 Å². The smallest absolute Gasteiger partial charge is 0.264 e. The lowest BCUT2D eigenvalue weighted by Crippen LogP contribution is -2.28. The number of carbonyl (C=O) groups excluding carboxylic acids is 1. The first-order chi connectivity index (χ1) is 15.7. The molecule has 0 radical (unpaired) electrons. The van der Waals surface area contributed by atoms with Gasteiger partial charge in [-0.3, -0.25) is 9.52 Å². The number of hydrogen-bond donors (Lipinski definition) is 2. The zero-order valence-electron chi connectivity index (χ0n) is 16.8. The van der Waals surface area contributed by atoms with Crippen LogP contribution in [0.25, 0.3) is 11.0 Å². The highest BCUT2D eigenvalue weighted by atomic mass is 35.5. The number of nitrogens with one attached hydrogen (secondary N) is 2. The van der Waals surface area contributed by atoms with Gasteiger partial charge in [0.25, 0.3) is 15.9 Å². The van der Waals surface area contributed by atoms with Gasteiger partial charge in [0, 0.05) is 16.7 Å². The Morgan fingerprint density at radius 3 is 2.64 bits per heavy atom. The maximum atomic E-state index is 14.1. The average Bonchev–Trinajstić information content (AvgIpc) is 3.22. The van der Waals surface area contributed by atoms with E-state index in [1.807, 2.05) is 0 Å². The van der Waals surface area contributed by atoms with Crippen molar-refractivity contribution >= 4 is 56.0 Å². The fourth-order valence-electron chi connectivity index (χ4n) is 3.20. The number of aromatic nitrogens is 2. The van der Waals surface area contributed by atoms with E-state index in [1.54, 1.807) is 6.07 Å². The largest absolute Gasteiger partial charge is 0.345 e. The Hall–Kier alpha value is -3.15. The second kappa shape index (κ2) is 9.00. The Morgan fingerprint density at radius 2 is 1.88 bits per heavy atom. The maximum absolute atomic E-state index is 14.1. The van der Waals surface area contributed by atoms with Gasteiger partial charge in [0.05, 0.1) is 29.0 Å². The predicted octanol–water partition coefficient (Wildman–Crippen LogP) is 4.91. The van der Waals surface area contributed by atoms with Crippen LogP contribution in [0.3, 0.4) is 0 Å². The molecule has 7 nitrogen and oxygen atoms in total. The second-order valence-corrected chi connectivity index (χ2v) is 9.66. The third-order valence-corrected chi connectivity index (χ3v) is 6.96. The quantitative estimate of drug-likeness (QED) is 0.385. The number of anilines is 1. The summed E-state index contributed by atoms with van der Waals surface area (Å²) in [5, 5.41) is 2.77. The van der Waals surface area contributed by atoms with Crippen LogP contribution >= 0.6 is 23.3 Å². The summed E-state index contributed by atoms with van der Waals surface area (Å²) in [4.78, 5) is 12.8. The van der Waals surface area contributed by atoms with Gasteiger partial charge >= 0.3 is 0 Å². The first-order valence-corrected chi connectivity index (χ1v) is 12.0. The van der Waals surface area contributed by atoms with Crippen molar-refractivity contribution in [1.82, 2.24) is 14.1 Å². The monoisotopic (exact) mass is 508 g/mol. The third kappa shape index (κ3) is 4.80. The first kappa shape index (κ1) is 23.0. The van der Waals surface area contributed by atoms with Crippen LogP contribution in [0.4, 0.5) is 14.5 Å². The Labute approximate surface area is 196 Å². The van der Waals surface area contributed by atoms with E-state index in [0.29, 0.717) is 11.6 Å². The molecule has 33 heavy (non-hydrogen) atoms. The number of sulfonamides is 1. The zero-order chi connectivity index (χ0) is 23.8. The molecule has 3 aromatic carbocycles. The molecule has 12 heteroatoms. The van der Waals surface area contributed by atoms with Gasteiger partial charge < -0.3 is 5.32 Å². The van der Waals surface area contributed by atoms with Crippen molar-refractivity contribution in [1.29, 1.82) is 0 Å². The Balaban J connectivity index is 1.65. The highest BCUT2D eigenvalue weighted by molar-refractivity contribution is 7.93. The molecule has 0 aliphatic heterocycles. The minimum atomic E-state index is -4.16. The van der Waals surface area contributed by atoms with Crippen LogP contribution in [0.15, 0.2) is 59.5 Å². The van der Waals surface area contributed by atoms with Gasteiger partial charge in [0.2, 0.25) is 0 Å². The molecule has 0 aliphatic carbocycles. The van der Waals surface area contributed by atoms with Crippen LogP contribution in [-0.4, -0.2) is 23.1 Å². The van der Waals surface area contributed by atoms with Gasteiger partial charge in [-0.2, -0.15) is 8.75 Å². The number of rotatable bonds is 6. The summed E-state index contributed by atoms with van der Waals surface area (Å²) < 4.78 is 63.9. The summed E-state index contributed by atoms with van der Waals surface area (Å²) in [7, 11) is -4.16. The van der Waals surface area contributed by atoms with Crippen LogP contribution < -0.4 is 10.0 Å². The fraction of sp³-hybridized carbons (Fsp3) is 0.0952. The Kier molecular flexibility index (Phi) is 6.28. The summed E-state index contributed by atoms with van der Waals surface area (Å²) in [5.41, 5.74) is 0.571. The van der Waals surface area contributed by atoms with Crippen molar-refractivity contribution in [2.24, 2.45) is 0 Å². The Morgan fingerprint density at radius 1 is 1.09 bits per heavy atom. The summed E-state index contributed by atoms with van der Waals surface area (Å²) >= 11 is 6.91. The third-order valence-electron chi connectivity index (χ3n) is 4.79. The average molecular weight is 509 g/mol. The molecule has 0 saturated carbocycles. The molecular weight excluding hydrogens is 494 g/mol. The molecule has 1 atom stereocenters. The molecule has 0 aliphatic rings. The van der Waals surface area contributed by atoms with E-state index in [0.717, 1.165) is 17.8 Å². The molecule has 0 saturated heterocycles. The van der Waals surface area contributed by atoms with Gasteiger partial charge in [-0.15, -0.1) is 0 Å². The van der Waals surface area contributed by atoms with Gasteiger partial charge in [-0.1, -0.05) is 23.7 Å². The molecule has 0 spiro atoms. The number of fused-ring (bicyclic) bond motifs is 1.